The van der Waals surface area contributed by atoms with Crippen LogP contribution in [0, 0.1) is 5.92 Å². The average Bonchev–Trinajstić information content (AvgIpc) is 2.27. The van der Waals surface area contributed by atoms with Gasteiger partial charge in [0.15, 0.2) is 6.29 Å². The lowest BCUT2D eigenvalue weighted by atomic mass is 10.3. The molecule has 0 N–H and O–H groups in total. The summed E-state index contributed by atoms with van der Waals surface area (Å²) in [7, 11) is -2.81. The highest BCUT2D eigenvalue weighted by Gasteiger charge is 2.43. The normalized spacial score (nSPS) is 13.9. The van der Waals surface area contributed by atoms with Crippen molar-refractivity contribution in [1.82, 2.24) is 0 Å². The minimum atomic E-state index is -2.81. The number of rotatable bonds is 10. The van der Waals surface area contributed by atoms with E-state index in [1.54, 1.807) is 19.9 Å². The molecule has 0 aliphatic heterocycles. The molecular formula is C14H28O5Si. The predicted molar refractivity (Wildman–Crippen MR) is 80.1 cm³/mol. The molecule has 1 unspecified atom stereocenters. The topological polar surface area (TPSA) is 54.0 Å². The molecule has 6 heteroatoms. The monoisotopic (exact) mass is 304 g/mol. The third kappa shape index (κ3) is 7.79. The van der Waals surface area contributed by atoms with E-state index in [1.165, 1.54) is 6.08 Å². The molecule has 0 aromatic rings. The van der Waals surface area contributed by atoms with Crippen molar-refractivity contribution in [2.75, 3.05) is 13.2 Å². The smallest absolute Gasteiger partial charge is 0.434 e. The van der Waals surface area contributed by atoms with Gasteiger partial charge in [0.1, 0.15) is 0 Å². The molecule has 0 aliphatic carbocycles. The Bertz CT molecular complexity index is 298. The molecule has 0 saturated carbocycles. The standard InChI is InChI=1S/C14H28O5Si/c1-7-10-14(15)18-13(6)19-20(16-8-2,17-9-3)11-12(4)5/h7,10,12-13H,8-9,11H2,1-6H3. The highest BCUT2D eigenvalue weighted by molar-refractivity contribution is 6.60. The summed E-state index contributed by atoms with van der Waals surface area (Å²) in [6, 6.07) is 0.695. The first kappa shape index (κ1) is 19.3. The fraction of sp³-hybridized carbons (Fsp3) is 0.786. The van der Waals surface area contributed by atoms with Crippen LogP contribution in [0.1, 0.15) is 41.5 Å². The third-order valence-electron chi connectivity index (χ3n) is 2.32. The minimum Gasteiger partial charge on any atom is -0.434 e. The molecule has 0 amide bonds. The quantitative estimate of drug-likeness (QED) is 0.269. The minimum absolute atomic E-state index is 0.373. The Hall–Kier alpha value is -0.693. The zero-order valence-electron chi connectivity index (χ0n) is 13.5. The Balaban J connectivity index is 4.79. The Morgan fingerprint density at radius 2 is 1.70 bits per heavy atom. The fourth-order valence-electron chi connectivity index (χ4n) is 1.83. The lowest BCUT2D eigenvalue weighted by Gasteiger charge is -2.32. The van der Waals surface area contributed by atoms with Gasteiger partial charge in [0, 0.05) is 25.3 Å². The summed E-state index contributed by atoms with van der Waals surface area (Å²) in [5, 5.41) is 0. The number of ether oxygens (including phenoxy) is 1. The molecule has 118 valence electrons. The predicted octanol–water partition coefficient (Wildman–Crippen LogP) is 3.14. The van der Waals surface area contributed by atoms with E-state index in [0.717, 1.165) is 0 Å². The second-order valence-corrected chi connectivity index (χ2v) is 7.36. The summed E-state index contributed by atoms with van der Waals surface area (Å²) in [5.41, 5.74) is 0. The molecule has 0 spiro atoms. The number of allylic oxidation sites excluding steroid dienone is 1. The lowest BCUT2D eigenvalue weighted by Crippen LogP contribution is -2.49. The van der Waals surface area contributed by atoms with E-state index in [0.29, 0.717) is 25.2 Å². The lowest BCUT2D eigenvalue weighted by molar-refractivity contribution is -0.161. The van der Waals surface area contributed by atoms with Gasteiger partial charge in [0.2, 0.25) is 0 Å². The average molecular weight is 304 g/mol. The van der Waals surface area contributed by atoms with E-state index < -0.39 is 21.1 Å². The summed E-state index contributed by atoms with van der Waals surface area (Å²) in [6.07, 6.45) is 2.29. The van der Waals surface area contributed by atoms with E-state index in [4.69, 9.17) is 18.0 Å². The Kier molecular flexibility index (Phi) is 9.74. The molecule has 0 heterocycles. The molecule has 0 bridgehead atoms. The van der Waals surface area contributed by atoms with Gasteiger partial charge in [-0.15, -0.1) is 0 Å². The summed E-state index contributed by atoms with van der Waals surface area (Å²) >= 11 is 0. The van der Waals surface area contributed by atoms with Gasteiger partial charge < -0.3 is 18.0 Å². The Labute approximate surface area is 123 Å². The van der Waals surface area contributed by atoms with Crippen molar-refractivity contribution in [1.29, 1.82) is 0 Å². The van der Waals surface area contributed by atoms with Gasteiger partial charge in [-0.2, -0.15) is 0 Å². The van der Waals surface area contributed by atoms with Crippen LogP contribution in [0.2, 0.25) is 6.04 Å². The first-order chi connectivity index (χ1) is 9.39. The van der Waals surface area contributed by atoms with Gasteiger partial charge >= 0.3 is 14.8 Å². The Morgan fingerprint density at radius 1 is 1.15 bits per heavy atom. The third-order valence-corrected chi connectivity index (χ3v) is 5.78. The van der Waals surface area contributed by atoms with Crippen LogP contribution in [-0.4, -0.2) is 34.3 Å². The number of carbonyl (C=O) groups excluding carboxylic acids is 1. The zero-order valence-corrected chi connectivity index (χ0v) is 14.5. The molecule has 0 rings (SSSR count). The molecule has 0 saturated heterocycles. The molecule has 1 atom stereocenters. The van der Waals surface area contributed by atoms with Crippen LogP contribution < -0.4 is 0 Å². The Morgan fingerprint density at radius 3 is 2.10 bits per heavy atom. The van der Waals surface area contributed by atoms with Crippen LogP contribution in [0.25, 0.3) is 0 Å². The van der Waals surface area contributed by atoms with Crippen molar-refractivity contribution in [3.8, 4) is 0 Å². The number of hydrogen-bond donors (Lipinski definition) is 0. The van der Waals surface area contributed by atoms with Crippen molar-refractivity contribution in [3.05, 3.63) is 12.2 Å². The van der Waals surface area contributed by atoms with E-state index in [1.807, 2.05) is 13.8 Å². The number of esters is 1. The summed E-state index contributed by atoms with van der Waals surface area (Å²) in [5.74, 6) is -0.0568. The van der Waals surface area contributed by atoms with E-state index in [-0.39, 0.29) is 0 Å². The molecule has 5 nitrogen and oxygen atoms in total. The maximum Gasteiger partial charge on any atom is 0.503 e. The molecule has 0 aromatic heterocycles. The first-order valence-corrected chi connectivity index (χ1v) is 9.11. The van der Waals surface area contributed by atoms with Gasteiger partial charge in [-0.1, -0.05) is 19.9 Å². The SMILES string of the molecule is CC=CC(=O)OC(C)O[Si](CC(C)C)(OCC)OCC. The maximum absolute atomic E-state index is 11.4. The number of hydrogen-bond acceptors (Lipinski definition) is 5. The second-order valence-electron chi connectivity index (χ2n) is 4.77. The van der Waals surface area contributed by atoms with E-state index >= 15 is 0 Å². The molecule has 0 radical (unpaired) electrons. The van der Waals surface area contributed by atoms with E-state index in [9.17, 15) is 4.79 Å². The van der Waals surface area contributed by atoms with Crippen molar-refractivity contribution < 1.29 is 22.8 Å². The van der Waals surface area contributed by atoms with Gasteiger partial charge in [-0.3, -0.25) is 0 Å². The van der Waals surface area contributed by atoms with Crippen molar-refractivity contribution >= 4 is 14.8 Å². The van der Waals surface area contributed by atoms with Crippen LogP contribution >= 0.6 is 0 Å². The van der Waals surface area contributed by atoms with Gasteiger partial charge in [-0.25, -0.2) is 4.79 Å². The maximum atomic E-state index is 11.4. The molecule has 0 aromatic carbocycles. The van der Waals surface area contributed by atoms with Crippen LogP contribution in [0.15, 0.2) is 12.2 Å². The highest BCUT2D eigenvalue weighted by Crippen LogP contribution is 2.23. The first-order valence-electron chi connectivity index (χ1n) is 7.18. The van der Waals surface area contributed by atoms with Gasteiger partial charge in [-0.05, 0) is 33.6 Å². The highest BCUT2D eigenvalue weighted by atomic mass is 28.4. The van der Waals surface area contributed by atoms with Gasteiger partial charge in [0.05, 0.1) is 0 Å². The van der Waals surface area contributed by atoms with Crippen molar-refractivity contribution in [2.24, 2.45) is 5.92 Å². The second kappa shape index (κ2) is 10.1. The van der Waals surface area contributed by atoms with Crippen LogP contribution in [0.3, 0.4) is 0 Å². The summed E-state index contributed by atoms with van der Waals surface area (Å²) in [6.45, 7) is 12.4. The molecule has 0 fully saturated rings. The van der Waals surface area contributed by atoms with Crippen LogP contribution in [-0.2, 0) is 22.8 Å². The van der Waals surface area contributed by atoms with Gasteiger partial charge in [0.25, 0.3) is 0 Å². The summed E-state index contributed by atoms with van der Waals surface area (Å²) in [4.78, 5) is 11.4. The van der Waals surface area contributed by atoms with Crippen molar-refractivity contribution in [2.45, 2.75) is 53.9 Å². The molecule has 20 heavy (non-hydrogen) atoms. The van der Waals surface area contributed by atoms with E-state index in [2.05, 4.69) is 13.8 Å². The van der Waals surface area contributed by atoms with Crippen LogP contribution in [0.5, 0.6) is 0 Å². The molecular weight excluding hydrogens is 276 g/mol. The van der Waals surface area contributed by atoms with Crippen molar-refractivity contribution in [3.63, 3.8) is 0 Å². The number of carbonyl (C=O) groups is 1. The van der Waals surface area contributed by atoms with Crippen LogP contribution in [0.4, 0.5) is 0 Å². The summed E-state index contributed by atoms with van der Waals surface area (Å²) < 4.78 is 22.6. The largest absolute Gasteiger partial charge is 0.503 e. The fourth-order valence-corrected chi connectivity index (χ4v) is 4.82. The molecule has 0 aliphatic rings. The zero-order chi connectivity index (χ0) is 15.6.